The molecule has 2 aromatic carbocycles. The third kappa shape index (κ3) is 3.01. The predicted octanol–water partition coefficient (Wildman–Crippen LogP) is 3.76. The SMILES string of the molecule is O=[N+]([O-])c1cc(F)cc(Nc2ccc(F)c(F)c2)c1. The number of nitro benzene ring substituents is 1. The molecule has 0 aliphatic rings. The van der Waals surface area contributed by atoms with Gasteiger partial charge in [-0.2, -0.15) is 0 Å². The van der Waals surface area contributed by atoms with Crippen molar-refractivity contribution in [1.29, 1.82) is 0 Å². The Morgan fingerprint density at radius 1 is 0.947 bits per heavy atom. The maximum Gasteiger partial charge on any atom is 0.274 e. The Bertz CT molecular complexity index is 647. The molecular formula is C12H7F3N2O2. The molecule has 2 aromatic rings. The highest BCUT2D eigenvalue weighted by Gasteiger charge is 2.10. The summed E-state index contributed by atoms with van der Waals surface area (Å²) in [5, 5.41) is 13.1. The quantitative estimate of drug-likeness (QED) is 0.681. The molecule has 0 radical (unpaired) electrons. The molecular weight excluding hydrogens is 261 g/mol. The fourth-order valence-electron chi connectivity index (χ4n) is 1.49. The Kier molecular flexibility index (Phi) is 3.37. The van der Waals surface area contributed by atoms with E-state index in [2.05, 4.69) is 5.32 Å². The lowest BCUT2D eigenvalue weighted by molar-refractivity contribution is -0.385. The number of hydrogen-bond donors (Lipinski definition) is 1. The van der Waals surface area contributed by atoms with Crippen molar-refractivity contribution in [2.75, 3.05) is 5.32 Å². The highest BCUT2D eigenvalue weighted by atomic mass is 19.2. The molecule has 4 nitrogen and oxygen atoms in total. The van der Waals surface area contributed by atoms with Gasteiger partial charge in [-0.15, -0.1) is 0 Å². The number of nitrogens with one attached hydrogen (secondary N) is 1. The van der Waals surface area contributed by atoms with Crippen LogP contribution in [0.15, 0.2) is 36.4 Å². The number of rotatable bonds is 3. The van der Waals surface area contributed by atoms with Gasteiger partial charge in [-0.3, -0.25) is 10.1 Å². The summed E-state index contributed by atoms with van der Waals surface area (Å²) in [6, 6.07) is 5.85. The molecule has 0 spiro atoms. The summed E-state index contributed by atoms with van der Waals surface area (Å²) in [6.45, 7) is 0. The lowest BCUT2D eigenvalue weighted by Gasteiger charge is -2.07. The lowest BCUT2D eigenvalue weighted by Crippen LogP contribution is -1.96. The second-order valence-corrected chi connectivity index (χ2v) is 3.71. The van der Waals surface area contributed by atoms with E-state index >= 15 is 0 Å². The number of non-ortho nitro benzene ring substituents is 1. The van der Waals surface area contributed by atoms with Crippen LogP contribution < -0.4 is 5.32 Å². The zero-order chi connectivity index (χ0) is 14.0. The van der Waals surface area contributed by atoms with Gasteiger partial charge in [0.2, 0.25) is 0 Å². The average Bonchev–Trinajstić information content (AvgIpc) is 2.33. The molecule has 0 saturated heterocycles. The molecule has 0 unspecified atom stereocenters. The van der Waals surface area contributed by atoms with E-state index in [0.717, 1.165) is 30.3 Å². The molecule has 0 aliphatic carbocycles. The first-order valence-corrected chi connectivity index (χ1v) is 5.13. The molecule has 0 heterocycles. The Morgan fingerprint density at radius 2 is 1.68 bits per heavy atom. The average molecular weight is 268 g/mol. The molecule has 0 fully saturated rings. The van der Waals surface area contributed by atoms with E-state index in [4.69, 9.17) is 0 Å². The standard InChI is InChI=1S/C12H7F3N2O2/c13-7-3-9(5-10(4-7)17(18)19)16-8-1-2-11(14)12(15)6-8/h1-6,16H. The van der Waals surface area contributed by atoms with E-state index in [1.54, 1.807) is 0 Å². The van der Waals surface area contributed by atoms with Crippen LogP contribution in [0.1, 0.15) is 0 Å². The number of halogens is 3. The Labute approximate surface area is 105 Å². The van der Waals surface area contributed by atoms with Gasteiger partial charge >= 0.3 is 0 Å². The first-order valence-electron chi connectivity index (χ1n) is 5.13. The van der Waals surface area contributed by atoms with Gasteiger partial charge in [-0.05, 0) is 18.2 Å². The number of benzene rings is 2. The van der Waals surface area contributed by atoms with E-state index in [9.17, 15) is 23.3 Å². The van der Waals surface area contributed by atoms with Crippen LogP contribution in [-0.2, 0) is 0 Å². The summed E-state index contributed by atoms with van der Waals surface area (Å²) in [6.07, 6.45) is 0. The smallest absolute Gasteiger partial charge is 0.274 e. The van der Waals surface area contributed by atoms with Crippen molar-refractivity contribution in [3.63, 3.8) is 0 Å². The van der Waals surface area contributed by atoms with Gasteiger partial charge in [0.15, 0.2) is 11.6 Å². The molecule has 7 heteroatoms. The minimum atomic E-state index is -1.07. The van der Waals surface area contributed by atoms with Crippen LogP contribution in [0.3, 0.4) is 0 Å². The van der Waals surface area contributed by atoms with Crippen LogP contribution >= 0.6 is 0 Å². The maximum absolute atomic E-state index is 13.2. The summed E-state index contributed by atoms with van der Waals surface area (Å²) >= 11 is 0. The highest BCUT2D eigenvalue weighted by molar-refractivity contribution is 5.62. The van der Waals surface area contributed by atoms with Gasteiger partial charge in [0.1, 0.15) is 5.82 Å². The summed E-state index contributed by atoms with van der Waals surface area (Å²) in [5.74, 6) is -2.90. The second kappa shape index (κ2) is 4.97. The molecule has 0 bridgehead atoms. The molecule has 2 rings (SSSR count). The Morgan fingerprint density at radius 3 is 2.32 bits per heavy atom. The summed E-state index contributed by atoms with van der Waals surface area (Å²) in [5.41, 5.74) is -0.221. The predicted molar refractivity (Wildman–Crippen MR) is 62.7 cm³/mol. The van der Waals surface area contributed by atoms with E-state index in [0.29, 0.717) is 0 Å². The number of nitrogens with zero attached hydrogens (tertiary/aromatic N) is 1. The first-order chi connectivity index (χ1) is 8.95. The van der Waals surface area contributed by atoms with Gasteiger partial charge < -0.3 is 5.32 Å². The van der Waals surface area contributed by atoms with Crippen molar-refractivity contribution >= 4 is 17.1 Å². The molecule has 0 saturated carbocycles. The van der Waals surface area contributed by atoms with Crippen molar-refractivity contribution in [2.24, 2.45) is 0 Å². The van der Waals surface area contributed by atoms with Crippen molar-refractivity contribution < 1.29 is 18.1 Å². The molecule has 0 aliphatic heterocycles. The second-order valence-electron chi connectivity index (χ2n) is 3.71. The number of nitro groups is 1. The Hall–Kier alpha value is -2.57. The van der Waals surface area contributed by atoms with Crippen LogP contribution in [0.25, 0.3) is 0 Å². The van der Waals surface area contributed by atoms with Crippen LogP contribution in [-0.4, -0.2) is 4.92 Å². The fraction of sp³-hybridized carbons (Fsp3) is 0. The van der Waals surface area contributed by atoms with Crippen LogP contribution in [0.5, 0.6) is 0 Å². The van der Waals surface area contributed by atoms with Gasteiger partial charge in [0.25, 0.3) is 5.69 Å². The van der Waals surface area contributed by atoms with E-state index in [-0.39, 0.29) is 11.4 Å². The molecule has 0 aromatic heterocycles. The number of anilines is 2. The number of hydrogen-bond acceptors (Lipinski definition) is 3. The topological polar surface area (TPSA) is 55.2 Å². The minimum absolute atomic E-state index is 0.0673. The van der Waals surface area contributed by atoms with E-state index in [1.807, 2.05) is 0 Å². The van der Waals surface area contributed by atoms with Crippen LogP contribution in [0.2, 0.25) is 0 Å². The largest absolute Gasteiger partial charge is 0.355 e. The summed E-state index contributed by atoms with van der Waals surface area (Å²) in [7, 11) is 0. The van der Waals surface area contributed by atoms with Crippen LogP contribution in [0.4, 0.5) is 30.2 Å². The van der Waals surface area contributed by atoms with Gasteiger partial charge in [0, 0.05) is 23.5 Å². The van der Waals surface area contributed by atoms with Gasteiger partial charge in [-0.25, -0.2) is 13.2 Å². The zero-order valence-corrected chi connectivity index (χ0v) is 9.36. The molecule has 1 N–H and O–H groups in total. The Balaban J connectivity index is 2.32. The molecule has 0 amide bonds. The van der Waals surface area contributed by atoms with Gasteiger partial charge in [0.05, 0.1) is 11.0 Å². The first kappa shape index (κ1) is 12.9. The minimum Gasteiger partial charge on any atom is -0.355 e. The van der Waals surface area contributed by atoms with E-state index < -0.39 is 28.1 Å². The third-order valence-electron chi connectivity index (χ3n) is 2.30. The highest BCUT2D eigenvalue weighted by Crippen LogP contribution is 2.24. The zero-order valence-electron chi connectivity index (χ0n) is 9.36. The third-order valence-corrected chi connectivity index (χ3v) is 2.30. The van der Waals surface area contributed by atoms with Crippen molar-refractivity contribution in [2.45, 2.75) is 0 Å². The van der Waals surface area contributed by atoms with Gasteiger partial charge in [-0.1, -0.05) is 0 Å². The van der Waals surface area contributed by atoms with Crippen molar-refractivity contribution in [1.82, 2.24) is 0 Å². The molecule has 98 valence electrons. The molecule has 0 atom stereocenters. The monoisotopic (exact) mass is 268 g/mol. The maximum atomic E-state index is 13.2. The fourth-order valence-corrected chi connectivity index (χ4v) is 1.49. The summed E-state index contributed by atoms with van der Waals surface area (Å²) < 4.78 is 38.8. The summed E-state index contributed by atoms with van der Waals surface area (Å²) in [4.78, 5) is 9.81. The normalized spacial score (nSPS) is 10.3. The van der Waals surface area contributed by atoms with E-state index in [1.165, 1.54) is 6.07 Å². The van der Waals surface area contributed by atoms with Crippen molar-refractivity contribution in [3.8, 4) is 0 Å². The van der Waals surface area contributed by atoms with Crippen LogP contribution in [0, 0.1) is 27.6 Å². The molecule has 19 heavy (non-hydrogen) atoms. The van der Waals surface area contributed by atoms with Crippen molar-refractivity contribution in [3.05, 3.63) is 64.0 Å². The lowest BCUT2D eigenvalue weighted by atomic mass is 10.2.